The van der Waals surface area contributed by atoms with E-state index < -0.39 is 0 Å². The smallest absolute Gasteiger partial charge is 0.0952 e. The Morgan fingerprint density at radius 1 is 1.54 bits per heavy atom. The monoisotopic (exact) mass is 182 g/mol. The SMILES string of the molecule is CCOC1CC(NC(C#N)CC)C1. The molecule has 0 saturated heterocycles. The fourth-order valence-electron chi connectivity index (χ4n) is 1.60. The van der Waals surface area contributed by atoms with Gasteiger partial charge in [-0.2, -0.15) is 5.26 Å². The number of hydrogen-bond donors (Lipinski definition) is 1. The number of nitriles is 1. The zero-order chi connectivity index (χ0) is 9.68. The highest BCUT2D eigenvalue weighted by Crippen LogP contribution is 2.23. The molecule has 0 spiro atoms. The molecule has 3 heteroatoms. The first-order chi connectivity index (χ1) is 6.30. The van der Waals surface area contributed by atoms with E-state index in [1.54, 1.807) is 0 Å². The maximum absolute atomic E-state index is 8.72. The van der Waals surface area contributed by atoms with Gasteiger partial charge in [0.1, 0.15) is 0 Å². The van der Waals surface area contributed by atoms with E-state index in [9.17, 15) is 0 Å². The first kappa shape index (κ1) is 10.5. The Morgan fingerprint density at radius 2 is 2.23 bits per heavy atom. The lowest BCUT2D eigenvalue weighted by molar-refractivity contribution is -0.0111. The van der Waals surface area contributed by atoms with Gasteiger partial charge >= 0.3 is 0 Å². The first-order valence-electron chi connectivity index (χ1n) is 5.07. The molecule has 0 amide bonds. The van der Waals surface area contributed by atoms with E-state index in [1.165, 1.54) is 0 Å². The molecule has 0 aromatic rings. The topological polar surface area (TPSA) is 45.0 Å². The van der Waals surface area contributed by atoms with E-state index in [0.29, 0.717) is 12.1 Å². The van der Waals surface area contributed by atoms with E-state index >= 15 is 0 Å². The van der Waals surface area contributed by atoms with Crippen molar-refractivity contribution in [2.75, 3.05) is 6.61 Å². The van der Waals surface area contributed by atoms with E-state index in [0.717, 1.165) is 25.9 Å². The molecular formula is C10H18N2O. The summed E-state index contributed by atoms with van der Waals surface area (Å²) in [6.07, 6.45) is 3.43. The van der Waals surface area contributed by atoms with Crippen LogP contribution in [0.5, 0.6) is 0 Å². The van der Waals surface area contributed by atoms with Crippen LogP contribution >= 0.6 is 0 Å². The van der Waals surface area contributed by atoms with Gasteiger partial charge in [-0.05, 0) is 26.2 Å². The summed E-state index contributed by atoms with van der Waals surface area (Å²) in [4.78, 5) is 0. The number of nitrogens with zero attached hydrogens (tertiary/aromatic N) is 1. The van der Waals surface area contributed by atoms with E-state index in [2.05, 4.69) is 11.4 Å². The second kappa shape index (κ2) is 5.21. The lowest BCUT2D eigenvalue weighted by atomic mass is 9.88. The second-order valence-electron chi connectivity index (χ2n) is 3.50. The molecular weight excluding hydrogens is 164 g/mol. The van der Waals surface area contributed by atoms with Crippen molar-refractivity contribution in [3.8, 4) is 6.07 Å². The van der Waals surface area contributed by atoms with Crippen LogP contribution in [-0.4, -0.2) is 24.8 Å². The third kappa shape index (κ3) is 2.98. The molecule has 0 aromatic carbocycles. The molecule has 74 valence electrons. The van der Waals surface area contributed by atoms with E-state index in [-0.39, 0.29) is 6.04 Å². The molecule has 1 atom stereocenters. The van der Waals surface area contributed by atoms with Gasteiger partial charge in [-0.3, -0.25) is 5.32 Å². The molecule has 0 bridgehead atoms. The van der Waals surface area contributed by atoms with Crippen molar-refractivity contribution < 1.29 is 4.74 Å². The van der Waals surface area contributed by atoms with Crippen molar-refractivity contribution in [3.63, 3.8) is 0 Å². The van der Waals surface area contributed by atoms with Gasteiger partial charge < -0.3 is 4.74 Å². The van der Waals surface area contributed by atoms with Crippen molar-refractivity contribution >= 4 is 0 Å². The highest BCUT2D eigenvalue weighted by atomic mass is 16.5. The van der Waals surface area contributed by atoms with Gasteiger partial charge in [-0.15, -0.1) is 0 Å². The number of hydrogen-bond acceptors (Lipinski definition) is 3. The van der Waals surface area contributed by atoms with Crippen LogP contribution < -0.4 is 5.32 Å². The molecule has 0 radical (unpaired) electrons. The maximum atomic E-state index is 8.72. The predicted molar refractivity (Wildman–Crippen MR) is 51.3 cm³/mol. The summed E-state index contributed by atoms with van der Waals surface area (Å²) in [5.41, 5.74) is 0. The van der Waals surface area contributed by atoms with Gasteiger partial charge in [-0.25, -0.2) is 0 Å². The highest BCUT2D eigenvalue weighted by molar-refractivity contribution is 4.95. The van der Waals surface area contributed by atoms with Crippen molar-refractivity contribution in [2.45, 2.75) is 51.3 Å². The fraction of sp³-hybridized carbons (Fsp3) is 0.900. The molecule has 1 aliphatic rings. The predicted octanol–water partition coefficient (Wildman–Crippen LogP) is 1.45. The first-order valence-corrected chi connectivity index (χ1v) is 5.07. The Bertz CT molecular complexity index is 182. The van der Waals surface area contributed by atoms with Crippen molar-refractivity contribution in [3.05, 3.63) is 0 Å². The Hall–Kier alpha value is -0.590. The molecule has 1 fully saturated rings. The summed E-state index contributed by atoms with van der Waals surface area (Å²) in [6, 6.07) is 2.77. The van der Waals surface area contributed by atoms with Gasteiger partial charge in [-0.1, -0.05) is 6.92 Å². The lowest BCUT2D eigenvalue weighted by Gasteiger charge is -2.36. The van der Waals surface area contributed by atoms with Gasteiger partial charge in [0.2, 0.25) is 0 Å². The zero-order valence-electron chi connectivity index (χ0n) is 8.42. The summed E-state index contributed by atoms with van der Waals surface area (Å²) in [5, 5.41) is 12.0. The van der Waals surface area contributed by atoms with E-state index in [4.69, 9.17) is 10.00 Å². The molecule has 3 nitrogen and oxygen atoms in total. The Kier molecular flexibility index (Phi) is 4.20. The minimum Gasteiger partial charge on any atom is -0.378 e. The van der Waals surface area contributed by atoms with Crippen molar-refractivity contribution in [2.24, 2.45) is 0 Å². The van der Waals surface area contributed by atoms with Crippen LogP contribution in [0.1, 0.15) is 33.1 Å². The summed E-state index contributed by atoms with van der Waals surface area (Å²) >= 11 is 0. The minimum atomic E-state index is 0.0209. The third-order valence-corrected chi connectivity index (χ3v) is 2.50. The Labute approximate surface area is 80.1 Å². The Morgan fingerprint density at radius 3 is 2.69 bits per heavy atom. The molecule has 1 saturated carbocycles. The van der Waals surface area contributed by atoms with Crippen LogP contribution in [0, 0.1) is 11.3 Å². The highest BCUT2D eigenvalue weighted by Gasteiger charge is 2.30. The lowest BCUT2D eigenvalue weighted by Crippen LogP contribution is -2.48. The molecule has 1 N–H and O–H groups in total. The van der Waals surface area contributed by atoms with Crippen LogP contribution in [0.4, 0.5) is 0 Å². The Balaban J connectivity index is 2.11. The molecule has 1 aliphatic carbocycles. The van der Waals surface area contributed by atoms with Crippen molar-refractivity contribution in [1.29, 1.82) is 5.26 Å². The number of ether oxygens (including phenoxy) is 1. The zero-order valence-corrected chi connectivity index (χ0v) is 8.42. The van der Waals surface area contributed by atoms with Gasteiger partial charge in [0.25, 0.3) is 0 Å². The fourth-order valence-corrected chi connectivity index (χ4v) is 1.60. The number of rotatable bonds is 5. The maximum Gasteiger partial charge on any atom is 0.0952 e. The molecule has 1 rings (SSSR count). The van der Waals surface area contributed by atoms with Crippen LogP contribution in [0.3, 0.4) is 0 Å². The van der Waals surface area contributed by atoms with Gasteiger partial charge in [0.05, 0.1) is 18.2 Å². The van der Waals surface area contributed by atoms with E-state index in [1.807, 2.05) is 13.8 Å². The summed E-state index contributed by atoms with van der Waals surface area (Å²) in [6.45, 7) is 4.84. The van der Waals surface area contributed by atoms with Crippen LogP contribution in [0.15, 0.2) is 0 Å². The molecule has 0 aromatic heterocycles. The summed E-state index contributed by atoms with van der Waals surface area (Å²) in [7, 11) is 0. The molecule has 1 unspecified atom stereocenters. The van der Waals surface area contributed by atoms with Gasteiger partial charge in [0.15, 0.2) is 0 Å². The van der Waals surface area contributed by atoms with Crippen LogP contribution in [-0.2, 0) is 4.74 Å². The molecule has 0 aliphatic heterocycles. The average molecular weight is 182 g/mol. The average Bonchev–Trinajstić information content (AvgIpc) is 2.09. The normalized spacial score (nSPS) is 29.0. The standard InChI is InChI=1S/C10H18N2O/c1-3-8(7-11)12-9-5-10(6-9)13-4-2/h8-10,12H,3-6H2,1-2H3. The summed E-state index contributed by atoms with van der Waals surface area (Å²) < 4.78 is 5.43. The second-order valence-corrected chi connectivity index (χ2v) is 3.50. The summed E-state index contributed by atoms with van der Waals surface area (Å²) in [5.74, 6) is 0. The number of nitrogens with one attached hydrogen (secondary N) is 1. The third-order valence-electron chi connectivity index (χ3n) is 2.50. The van der Waals surface area contributed by atoms with Crippen LogP contribution in [0.25, 0.3) is 0 Å². The van der Waals surface area contributed by atoms with Crippen LogP contribution in [0.2, 0.25) is 0 Å². The molecule has 0 heterocycles. The van der Waals surface area contributed by atoms with Crippen molar-refractivity contribution in [1.82, 2.24) is 5.32 Å². The van der Waals surface area contributed by atoms with Gasteiger partial charge in [0, 0.05) is 12.6 Å². The minimum absolute atomic E-state index is 0.0209. The largest absolute Gasteiger partial charge is 0.378 e. The quantitative estimate of drug-likeness (QED) is 0.700. The molecule has 13 heavy (non-hydrogen) atoms.